The van der Waals surface area contributed by atoms with E-state index in [2.05, 4.69) is 0 Å². The first kappa shape index (κ1) is 10.4. The van der Waals surface area contributed by atoms with Crippen molar-refractivity contribution in [2.24, 2.45) is 0 Å². The quantitative estimate of drug-likeness (QED) is 0.675. The zero-order valence-electron chi connectivity index (χ0n) is 7.98. The first-order valence-corrected chi connectivity index (χ1v) is 4.22. The third kappa shape index (κ3) is 1.79. The Balaban J connectivity index is 3.32. The number of aromatic hydroxyl groups is 2. The van der Waals surface area contributed by atoms with Crippen molar-refractivity contribution in [1.82, 2.24) is 0 Å². The highest BCUT2D eigenvalue weighted by atomic mass is 16.4. The van der Waals surface area contributed by atoms with Gasteiger partial charge in [-0.3, -0.25) is 0 Å². The molecule has 0 fully saturated rings. The maximum atomic E-state index is 10.6. The van der Waals surface area contributed by atoms with Gasteiger partial charge in [0, 0.05) is 0 Å². The number of benzene rings is 1. The van der Waals surface area contributed by atoms with E-state index in [1.807, 2.05) is 13.8 Å². The fourth-order valence-electron chi connectivity index (χ4n) is 1.19. The van der Waals surface area contributed by atoms with E-state index in [9.17, 15) is 15.0 Å². The molecule has 0 atom stereocenters. The molecule has 1 aromatic rings. The molecule has 0 saturated heterocycles. The topological polar surface area (TPSA) is 77.8 Å². The second kappa shape index (κ2) is 3.57. The van der Waals surface area contributed by atoms with Gasteiger partial charge in [0.2, 0.25) is 0 Å². The maximum absolute atomic E-state index is 10.6. The number of hydrogen-bond donors (Lipinski definition) is 3. The Morgan fingerprint density at radius 1 is 1.21 bits per heavy atom. The summed E-state index contributed by atoms with van der Waals surface area (Å²) in [6.07, 6.45) is 0. The molecule has 4 heteroatoms. The zero-order chi connectivity index (χ0) is 10.9. The van der Waals surface area contributed by atoms with Crippen LogP contribution in [0.4, 0.5) is 0 Å². The second-order valence-electron chi connectivity index (χ2n) is 3.39. The molecule has 1 aromatic carbocycles. The number of rotatable bonds is 2. The molecule has 0 amide bonds. The van der Waals surface area contributed by atoms with Crippen LogP contribution in [0, 0.1) is 0 Å². The third-order valence-corrected chi connectivity index (χ3v) is 2.00. The molecule has 14 heavy (non-hydrogen) atoms. The van der Waals surface area contributed by atoms with Gasteiger partial charge in [0.05, 0.1) is 0 Å². The standard InChI is InChI=1S/C10H12O4/c1-5(2)6-3-7(11)9(10(13)14)8(12)4-6/h3-5,11-12H,1-2H3,(H,13,14). The highest BCUT2D eigenvalue weighted by Crippen LogP contribution is 2.31. The van der Waals surface area contributed by atoms with E-state index in [1.165, 1.54) is 12.1 Å². The Bertz CT molecular complexity index is 345. The lowest BCUT2D eigenvalue weighted by Crippen LogP contribution is -1.99. The molecule has 76 valence electrons. The van der Waals surface area contributed by atoms with Crippen molar-refractivity contribution in [2.45, 2.75) is 19.8 Å². The van der Waals surface area contributed by atoms with Crippen molar-refractivity contribution >= 4 is 5.97 Å². The van der Waals surface area contributed by atoms with Crippen LogP contribution in [0.5, 0.6) is 11.5 Å². The zero-order valence-corrected chi connectivity index (χ0v) is 7.98. The Morgan fingerprint density at radius 2 is 1.64 bits per heavy atom. The lowest BCUT2D eigenvalue weighted by atomic mass is 10.00. The summed E-state index contributed by atoms with van der Waals surface area (Å²) in [6.45, 7) is 3.77. The molecule has 0 heterocycles. The fourth-order valence-corrected chi connectivity index (χ4v) is 1.19. The molecule has 0 saturated carbocycles. The number of hydrogen-bond acceptors (Lipinski definition) is 3. The summed E-state index contributed by atoms with van der Waals surface area (Å²) in [4.78, 5) is 10.6. The molecule has 0 bridgehead atoms. The van der Waals surface area contributed by atoms with Gasteiger partial charge in [-0.2, -0.15) is 0 Å². The van der Waals surface area contributed by atoms with Crippen LogP contribution in [0.1, 0.15) is 35.7 Å². The van der Waals surface area contributed by atoms with Crippen molar-refractivity contribution in [1.29, 1.82) is 0 Å². The van der Waals surface area contributed by atoms with Crippen LogP contribution in [0.15, 0.2) is 12.1 Å². The predicted molar refractivity (Wildman–Crippen MR) is 50.8 cm³/mol. The average molecular weight is 196 g/mol. The monoisotopic (exact) mass is 196 g/mol. The summed E-state index contributed by atoms with van der Waals surface area (Å²) in [7, 11) is 0. The van der Waals surface area contributed by atoms with Gasteiger partial charge in [-0.05, 0) is 23.6 Å². The molecule has 0 aliphatic heterocycles. The number of phenols is 2. The van der Waals surface area contributed by atoms with E-state index in [0.29, 0.717) is 5.56 Å². The number of carboxylic acids is 1. The molecule has 0 unspecified atom stereocenters. The number of carboxylic acid groups (broad SMARTS) is 1. The van der Waals surface area contributed by atoms with Crippen molar-refractivity contribution in [2.75, 3.05) is 0 Å². The van der Waals surface area contributed by atoms with Gasteiger partial charge in [0.1, 0.15) is 17.1 Å². The summed E-state index contributed by atoms with van der Waals surface area (Å²) in [6, 6.07) is 2.71. The highest BCUT2D eigenvalue weighted by Gasteiger charge is 2.17. The Labute approximate surface area is 81.4 Å². The van der Waals surface area contributed by atoms with Crippen molar-refractivity contribution in [3.8, 4) is 11.5 Å². The minimum atomic E-state index is -1.34. The van der Waals surface area contributed by atoms with Crippen LogP contribution in [0.25, 0.3) is 0 Å². The van der Waals surface area contributed by atoms with Crippen molar-refractivity contribution < 1.29 is 20.1 Å². The molecule has 0 aromatic heterocycles. The smallest absolute Gasteiger partial charge is 0.343 e. The van der Waals surface area contributed by atoms with E-state index >= 15 is 0 Å². The lowest BCUT2D eigenvalue weighted by Gasteiger charge is -2.09. The molecule has 0 aliphatic carbocycles. The van der Waals surface area contributed by atoms with E-state index in [-0.39, 0.29) is 5.92 Å². The molecular weight excluding hydrogens is 184 g/mol. The Morgan fingerprint density at radius 3 is 1.93 bits per heavy atom. The van der Waals surface area contributed by atoms with Crippen molar-refractivity contribution in [3.05, 3.63) is 23.3 Å². The van der Waals surface area contributed by atoms with Crippen LogP contribution in [-0.4, -0.2) is 21.3 Å². The van der Waals surface area contributed by atoms with Gasteiger partial charge >= 0.3 is 5.97 Å². The van der Waals surface area contributed by atoms with Gasteiger partial charge in [-0.25, -0.2) is 4.79 Å². The number of carbonyl (C=O) groups is 1. The predicted octanol–water partition coefficient (Wildman–Crippen LogP) is 1.92. The highest BCUT2D eigenvalue weighted by molar-refractivity contribution is 5.94. The van der Waals surface area contributed by atoms with Gasteiger partial charge in [-0.15, -0.1) is 0 Å². The Kier molecular flexibility index (Phi) is 2.65. The summed E-state index contributed by atoms with van der Waals surface area (Å²) in [5, 5.41) is 27.4. The summed E-state index contributed by atoms with van der Waals surface area (Å²) in [5.74, 6) is -2.02. The van der Waals surface area contributed by atoms with Crippen LogP contribution in [0.2, 0.25) is 0 Å². The first-order valence-electron chi connectivity index (χ1n) is 4.22. The molecule has 0 aliphatic rings. The largest absolute Gasteiger partial charge is 0.507 e. The van der Waals surface area contributed by atoms with Gasteiger partial charge < -0.3 is 15.3 Å². The number of aromatic carboxylic acids is 1. The summed E-state index contributed by atoms with van der Waals surface area (Å²) in [5.41, 5.74) is 0.249. The van der Waals surface area contributed by atoms with Crippen LogP contribution in [-0.2, 0) is 0 Å². The van der Waals surface area contributed by atoms with Crippen LogP contribution < -0.4 is 0 Å². The van der Waals surface area contributed by atoms with Crippen LogP contribution in [0.3, 0.4) is 0 Å². The molecule has 1 rings (SSSR count). The summed E-state index contributed by atoms with van der Waals surface area (Å²) < 4.78 is 0. The summed E-state index contributed by atoms with van der Waals surface area (Å²) >= 11 is 0. The molecule has 4 nitrogen and oxygen atoms in total. The average Bonchev–Trinajstić information content (AvgIpc) is 2.01. The first-order chi connectivity index (χ1) is 6.43. The van der Waals surface area contributed by atoms with Crippen molar-refractivity contribution in [3.63, 3.8) is 0 Å². The van der Waals surface area contributed by atoms with E-state index in [4.69, 9.17) is 5.11 Å². The SMILES string of the molecule is CC(C)c1cc(O)c(C(=O)O)c(O)c1. The van der Waals surface area contributed by atoms with E-state index in [1.54, 1.807) is 0 Å². The third-order valence-electron chi connectivity index (χ3n) is 2.00. The Hall–Kier alpha value is -1.71. The minimum absolute atomic E-state index is 0.120. The van der Waals surface area contributed by atoms with Crippen LogP contribution >= 0.6 is 0 Å². The van der Waals surface area contributed by atoms with Gasteiger partial charge in [0.25, 0.3) is 0 Å². The lowest BCUT2D eigenvalue weighted by molar-refractivity contribution is 0.0690. The van der Waals surface area contributed by atoms with E-state index in [0.717, 1.165) is 0 Å². The molecule has 0 radical (unpaired) electrons. The fraction of sp³-hybridized carbons (Fsp3) is 0.300. The molecule has 3 N–H and O–H groups in total. The van der Waals surface area contributed by atoms with Gasteiger partial charge in [-0.1, -0.05) is 13.8 Å². The second-order valence-corrected chi connectivity index (χ2v) is 3.39. The van der Waals surface area contributed by atoms with E-state index < -0.39 is 23.0 Å². The molecule has 0 spiro atoms. The minimum Gasteiger partial charge on any atom is -0.507 e. The maximum Gasteiger partial charge on any atom is 0.343 e. The van der Waals surface area contributed by atoms with Gasteiger partial charge in [0.15, 0.2) is 0 Å². The normalized spacial score (nSPS) is 10.5. The molecular formula is C10H12O4.